The maximum absolute atomic E-state index is 12.6. The van der Waals surface area contributed by atoms with E-state index in [0.717, 1.165) is 23.6 Å². The number of nitrogens with zero attached hydrogens (tertiary/aromatic N) is 3. The zero-order valence-electron chi connectivity index (χ0n) is 20.1. The maximum atomic E-state index is 12.6. The smallest absolute Gasteiger partial charge is 0.230 e. The molecule has 0 aliphatic carbocycles. The fourth-order valence-corrected chi connectivity index (χ4v) is 4.65. The lowest BCUT2D eigenvalue weighted by atomic mass is 10.0. The number of carbonyl (C=O) groups excluding carboxylic acids is 1. The number of carbonyl (C=O) groups is 1. The number of benzene rings is 3. The van der Waals surface area contributed by atoms with Crippen molar-refractivity contribution in [2.75, 3.05) is 19.4 Å². The molecular formula is C28H30N4O2S. The molecule has 0 saturated carbocycles. The van der Waals surface area contributed by atoms with Gasteiger partial charge in [-0.15, -0.1) is 10.2 Å². The van der Waals surface area contributed by atoms with Crippen molar-refractivity contribution in [3.8, 4) is 17.1 Å². The van der Waals surface area contributed by atoms with E-state index in [0.29, 0.717) is 18.2 Å². The number of hydrogen-bond acceptors (Lipinski definition) is 5. The summed E-state index contributed by atoms with van der Waals surface area (Å²) in [6.07, 6.45) is 0.829. The molecule has 4 rings (SSSR count). The van der Waals surface area contributed by atoms with E-state index in [2.05, 4.69) is 51.3 Å². The molecule has 1 unspecified atom stereocenters. The van der Waals surface area contributed by atoms with Crippen molar-refractivity contribution in [2.45, 2.75) is 31.0 Å². The van der Waals surface area contributed by atoms with E-state index in [1.54, 1.807) is 7.11 Å². The van der Waals surface area contributed by atoms with Crippen LogP contribution in [-0.4, -0.2) is 40.1 Å². The van der Waals surface area contributed by atoms with Gasteiger partial charge in [0.05, 0.1) is 18.4 Å². The lowest BCUT2D eigenvalue weighted by molar-refractivity contribution is -0.118. The molecule has 1 N–H and O–H groups in total. The molecule has 1 atom stereocenters. The predicted octanol–water partition coefficient (Wildman–Crippen LogP) is 5.21. The van der Waals surface area contributed by atoms with Crippen LogP contribution in [0, 0.1) is 0 Å². The fraction of sp³-hybridized carbons (Fsp3) is 0.250. The van der Waals surface area contributed by atoms with Gasteiger partial charge in [-0.25, -0.2) is 0 Å². The molecule has 4 aromatic rings. The Balaban J connectivity index is 1.46. The molecule has 0 aliphatic rings. The predicted molar refractivity (Wildman–Crippen MR) is 141 cm³/mol. The Morgan fingerprint density at radius 1 is 0.971 bits per heavy atom. The molecule has 0 radical (unpaired) electrons. The Hall–Kier alpha value is -3.58. The number of para-hydroxylation sites is 1. The van der Waals surface area contributed by atoms with Crippen molar-refractivity contribution in [1.82, 2.24) is 20.1 Å². The van der Waals surface area contributed by atoms with Crippen LogP contribution in [0.3, 0.4) is 0 Å². The molecule has 0 bridgehead atoms. The molecule has 0 fully saturated rings. The van der Waals surface area contributed by atoms with E-state index in [1.807, 2.05) is 60.7 Å². The van der Waals surface area contributed by atoms with Gasteiger partial charge in [0.2, 0.25) is 5.91 Å². The first-order valence-electron chi connectivity index (χ1n) is 11.7. The molecule has 1 amide bonds. The molecule has 3 aromatic carbocycles. The van der Waals surface area contributed by atoms with Crippen LogP contribution in [0.2, 0.25) is 0 Å². The average molecular weight is 487 g/mol. The molecule has 180 valence electrons. The summed E-state index contributed by atoms with van der Waals surface area (Å²) in [6, 6.07) is 28.3. The molecule has 0 saturated heterocycles. The first-order chi connectivity index (χ1) is 17.2. The Kier molecular flexibility index (Phi) is 8.57. The van der Waals surface area contributed by atoms with Crippen LogP contribution in [0.15, 0.2) is 90.1 Å². The first-order valence-corrected chi connectivity index (χ1v) is 12.7. The molecular weight excluding hydrogens is 456 g/mol. The monoisotopic (exact) mass is 486 g/mol. The van der Waals surface area contributed by atoms with Crippen molar-refractivity contribution in [1.29, 1.82) is 0 Å². The number of ether oxygens (including phenoxy) is 1. The largest absolute Gasteiger partial charge is 0.496 e. The van der Waals surface area contributed by atoms with Gasteiger partial charge in [0.15, 0.2) is 11.0 Å². The molecule has 0 aliphatic heterocycles. The zero-order valence-corrected chi connectivity index (χ0v) is 20.9. The highest BCUT2D eigenvalue weighted by atomic mass is 32.2. The normalized spacial score (nSPS) is 11.7. The Labute approximate surface area is 210 Å². The van der Waals surface area contributed by atoms with E-state index in [9.17, 15) is 4.79 Å². The van der Waals surface area contributed by atoms with Crippen LogP contribution in [0.5, 0.6) is 5.75 Å². The van der Waals surface area contributed by atoms with Gasteiger partial charge in [0, 0.05) is 13.1 Å². The summed E-state index contributed by atoms with van der Waals surface area (Å²) in [7, 11) is 1.65. The van der Waals surface area contributed by atoms with Gasteiger partial charge in [0.25, 0.3) is 0 Å². The van der Waals surface area contributed by atoms with Crippen molar-refractivity contribution in [3.63, 3.8) is 0 Å². The van der Waals surface area contributed by atoms with Crippen LogP contribution in [0.1, 0.15) is 24.0 Å². The topological polar surface area (TPSA) is 69.0 Å². The van der Waals surface area contributed by atoms with Crippen LogP contribution in [-0.2, 0) is 17.8 Å². The number of nitrogens with one attached hydrogen (secondary N) is 1. The quantitative estimate of drug-likeness (QED) is 0.295. The summed E-state index contributed by atoms with van der Waals surface area (Å²) < 4.78 is 7.64. The number of aryl methyl sites for hydroxylation is 1. The standard InChI is InChI=1S/C28H30N4O2S/c1-21(23-13-7-4-8-14-23)19-29-26(33)20-35-28-31-30-27(24-15-9-10-16-25(24)34-2)32(28)18-17-22-11-5-3-6-12-22/h3-16,21H,17-20H2,1-2H3,(H,29,33). The molecule has 0 spiro atoms. The number of methoxy groups -OCH3 is 1. The highest BCUT2D eigenvalue weighted by Gasteiger charge is 2.18. The highest BCUT2D eigenvalue weighted by molar-refractivity contribution is 7.99. The second kappa shape index (κ2) is 12.2. The molecule has 1 heterocycles. The van der Waals surface area contributed by atoms with Gasteiger partial charge in [0.1, 0.15) is 5.75 Å². The number of hydrogen-bond donors (Lipinski definition) is 1. The summed E-state index contributed by atoms with van der Waals surface area (Å²) in [5.41, 5.74) is 3.32. The summed E-state index contributed by atoms with van der Waals surface area (Å²) in [5, 5.41) is 12.7. The summed E-state index contributed by atoms with van der Waals surface area (Å²) >= 11 is 1.40. The maximum Gasteiger partial charge on any atom is 0.230 e. The minimum Gasteiger partial charge on any atom is -0.496 e. The molecule has 6 nitrogen and oxygen atoms in total. The molecule has 1 aromatic heterocycles. The Bertz CT molecular complexity index is 1230. The number of thioether (sulfide) groups is 1. The van der Waals surface area contributed by atoms with Gasteiger partial charge in [-0.1, -0.05) is 91.5 Å². The van der Waals surface area contributed by atoms with Crippen molar-refractivity contribution < 1.29 is 9.53 Å². The lowest BCUT2D eigenvalue weighted by Gasteiger charge is -2.14. The van der Waals surface area contributed by atoms with Crippen LogP contribution >= 0.6 is 11.8 Å². The highest BCUT2D eigenvalue weighted by Crippen LogP contribution is 2.31. The second-order valence-corrected chi connectivity index (χ2v) is 9.24. The Morgan fingerprint density at radius 3 is 2.40 bits per heavy atom. The lowest BCUT2D eigenvalue weighted by Crippen LogP contribution is -2.29. The van der Waals surface area contributed by atoms with Crippen molar-refractivity contribution >= 4 is 17.7 Å². The van der Waals surface area contributed by atoms with E-state index >= 15 is 0 Å². The molecule has 35 heavy (non-hydrogen) atoms. The second-order valence-electron chi connectivity index (χ2n) is 8.30. The number of amides is 1. The van der Waals surface area contributed by atoms with Crippen molar-refractivity contribution in [2.24, 2.45) is 0 Å². The van der Waals surface area contributed by atoms with Gasteiger partial charge >= 0.3 is 0 Å². The Morgan fingerprint density at radius 2 is 1.66 bits per heavy atom. The zero-order chi connectivity index (χ0) is 24.5. The van der Waals surface area contributed by atoms with Gasteiger partial charge in [-0.2, -0.15) is 0 Å². The summed E-state index contributed by atoms with van der Waals surface area (Å²) in [6.45, 7) is 3.40. The number of rotatable bonds is 11. The van der Waals surface area contributed by atoms with Crippen LogP contribution < -0.4 is 10.1 Å². The third-order valence-electron chi connectivity index (χ3n) is 5.84. The minimum absolute atomic E-state index is 0.0192. The van der Waals surface area contributed by atoms with Gasteiger partial charge in [-0.05, 0) is 35.6 Å². The third kappa shape index (κ3) is 6.51. The SMILES string of the molecule is COc1ccccc1-c1nnc(SCC(=O)NCC(C)c2ccccc2)n1CCc1ccccc1. The van der Waals surface area contributed by atoms with Crippen molar-refractivity contribution in [3.05, 3.63) is 96.1 Å². The van der Waals surface area contributed by atoms with E-state index < -0.39 is 0 Å². The minimum atomic E-state index is -0.0192. The van der Waals surface area contributed by atoms with Gasteiger partial charge < -0.3 is 14.6 Å². The first kappa shape index (κ1) is 24.5. The number of aromatic nitrogens is 3. The average Bonchev–Trinajstić information content (AvgIpc) is 3.32. The molecule has 7 heteroatoms. The van der Waals surface area contributed by atoms with E-state index in [1.165, 1.54) is 22.9 Å². The summed E-state index contributed by atoms with van der Waals surface area (Å²) in [5.74, 6) is 1.98. The van der Waals surface area contributed by atoms with E-state index in [-0.39, 0.29) is 17.6 Å². The van der Waals surface area contributed by atoms with Crippen LogP contribution in [0.4, 0.5) is 0 Å². The summed E-state index contributed by atoms with van der Waals surface area (Å²) in [4.78, 5) is 12.6. The third-order valence-corrected chi connectivity index (χ3v) is 6.80. The fourth-order valence-electron chi connectivity index (χ4n) is 3.86. The van der Waals surface area contributed by atoms with E-state index in [4.69, 9.17) is 4.74 Å². The van der Waals surface area contributed by atoms with Crippen LogP contribution in [0.25, 0.3) is 11.4 Å². The van der Waals surface area contributed by atoms with Gasteiger partial charge in [-0.3, -0.25) is 4.79 Å².